The number of amides is 1. The Morgan fingerprint density at radius 1 is 1.50 bits per heavy atom. The van der Waals surface area contributed by atoms with Gasteiger partial charge in [0.2, 0.25) is 5.91 Å². The molecule has 1 aromatic carbocycles. The first-order valence-corrected chi connectivity index (χ1v) is 6.39. The average molecular weight is 271 g/mol. The van der Waals surface area contributed by atoms with Crippen LogP contribution in [0.25, 0.3) is 0 Å². The summed E-state index contributed by atoms with van der Waals surface area (Å²) in [5.41, 5.74) is 0.565. The third kappa shape index (κ3) is 2.65. The Bertz CT molecular complexity index is 464. The van der Waals surface area contributed by atoms with Crippen molar-refractivity contribution in [1.82, 2.24) is 5.32 Å². The number of carbonyl (C=O) groups is 1. The summed E-state index contributed by atoms with van der Waals surface area (Å²) < 4.78 is 13.4. The van der Waals surface area contributed by atoms with E-state index in [1.165, 1.54) is 12.1 Å². The fourth-order valence-corrected chi connectivity index (χ4v) is 2.26. The van der Waals surface area contributed by atoms with Crippen molar-refractivity contribution >= 4 is 23.2 Å². The first-order chi connectivity index (χ1) is 8.49. The Morgan fingerprint density at radius 3 is 2.83 bits per heavy atom. The van der Waals surface area contributed by atoms with Crippen LogP contribution in [0.15, 0.2) is 18.2 Å². The Morgan fingerprint density at radius 2 is 2.22 bits per heavy atom. The van der Waals surface area contributed by atoms with E-state index in [-0.39, 0.29) is 23.0 Å². The molecule has 0 radical (unpaired) electrons. The van der Waals surface area contributed by atoms with Gasteiger partial charge < -0.3 is 10.2 Å². The Kier molecular flexibility index (Phi) is 3.88. The van der Waals surface area contributed by atoms with Crippen LogP contribution < -0.4 is 10.2 Å². The van der Waals surface area contributed by atoms with Crippen molar-refractivity contribution in [3.8, 4) is 0 Å². The molecule has 5 heteroatoms. The summed E-state index contributed by atoms with van der Waals surface area (Å²) >= 11 is 5.63. The SMILES string of the molecule is CC(C)NC1CCN(c2ccc(Cl)c(F)c2)C1=O. The van der Waals surface area contributed by atoms with Gasteiger partial charge in [-0.25, -0.2) is 4.39 Å². The van der Waals surface area contributed by atoms with Crippen molar-refractivity contribution in [2.24, 2.45) is 0 Å². The minimum atomic E-state index is -0.498. The van der Waals surface area contributed by atoms with Crippen LogP contribution in [0.1, 0.15) is 20.3 Å². The molecule has 2 rings (SSSR count). The van der Waals surface area contributed by atoms with Crippen LogP contribution in [-0.4, -0.2) is 24.5 Å². The summed E-state index contributed by atoms with van der Waals surface area (Å²) in [5.74, 6) is -0.507. The predicted octanol–water partition coefficient (Wildman–Crippen LogP) is 2.58. The number of rotatable bonds is 3. The van der Waals surface area contributed by atoms with Crippen molar-refractivity contribution in [2.45, 2.75) is 32.4 Å². The van der Waals surface area contributed by atoms with Crippen LogP contribution in [0, 0.1) is 5.82 Å². The zero-order valence-electron chi connectivity index (χ0n) is 10.4. The van der Waals surface area contributed by atoms with Crippen LogP contribution >= 0.6 is 11.6 Å². The monoisotopic (exact) mass is 270 g/mol. The zero-order chi connectivity index (χ0) is 13.3. The number of carbonyl (C=O) groups excluding carboxylic acids is 1. The molecule has 1 aromatic rings. The maximum absolute atomic E-state index is 13.4. The molecule has 1 unspecified atom stereocenters. The van der Waals surface area contributed by atoms with Gasteiger partial charge in [-0.3, -0.25) is 4.79 Å². The second kappa shape index (κ2) is 5.24. The lowest BCUT2D eigenvalue weighted by Crippen LogP contribution is -2.41. The van der Waals surface area contributed by atoms with Crippen LogP contribution in [0.3, 0.4) is 0 Å². The van der Waals surface area contributed by atoms with Gasteiger partial charge in [-0.05, 0) is 24.6 Å². The smallest absolute Gasteiger partial charge is 0.244 e. The summed E-state index contributed by atoms with van der Waals surface area (Å²) in [6.07, 6.45) is 0.737. The molecule has 1 aliphatic heterocycles. The van der Waals surface area contributed by atoms with E-state index >= 15 is 0 Å². The van der Waals surface area contributed by atoms with E-state index in [0.29, 0.717) is 12.2 Å². The first-order valence-electron chi connectivity index (χ1n) is 6.01. The van der Waals surface area contributed by atoms with Gasteiger partial charge >= 0.3 is 0 Å². The molecule has 1 amide bonds. The minimum absolute atomic E-state index is 0.00887. The van der Waals surface area contributed by atoms with Crippen molar-refractivity contribution in [3.63, 3.8) is 0 Å². The van der Waals surface area contributed by atoms with Crippen molar-refractivity contribution in [3.05, 3.63) is 29.0 Å². The lowest BCUT2D eigenvalue weighted by atomic mass is 10.2. The van der Waals surface area contributed by atoms with Gasteiger partial charge in [0, 0.05) is 18.3 Å². The molecule has 1 N–H and O–H groups in total. The van der Waals surface area contributed by atoms with E-state index in [9.17, 15) is 9.18 Å². The Labute approximate surface area is 111 Å². The highest BCUT2D eigenvalue weighted by Crippen LogP contribution is 2.25. The summed E-state index contributed by atoms with van der Waals surface area (Å²) in [6.45, 7) is 4.60. The normalized spacial score (nSPS) is 19.9. The highest BCUT2D eigenvalue weighted by molar-refractivity contribution is 6.30. The summed E-state index contributed by atoms with van der Waals surface area (Å²) in [5, 5.41) is 3.28. The maximum atomic E-state index is 13.4. The van der Waals surface area contributed by atoms with Gasteiger partial charge in [-0.2, -0.15) is 0 Å². The van der Waals surface area contributed by atoms with Crippen LogP contribution in [-0.2, 0) is 4.79 Å². The summed E-state index contributed by atoms with van der Waals surface area (Å²) in [6, 6.07) is 4.52. The van der Waals surface area contributed by atoms with E-state index in [1.807, 2.05) is 13.8 Å². The molecule has 1 heterocycles. The molecular weight excluding hydrogens is 255 g/mol. The lowest BCUT2D eigenvalue weighted by molar-refractivity contribution is -0.118. The van der Waals surface area contributed by atoms with Crippen LogP contribution in [0.5, 0.6) is 0 Å². The van der Waals surface area contributed by atoms with Crippen LogP contribution in [0.4, 0.5) is 10.1 Å². The van der Waals surface area contributed by atoms with Crippen molar-refractivity contribution in [1.29, 1.82) is 0 Å². The number of benzene rings is 1. The molecule has 18 heavy (non-hydrogen) atoms. The largest absolute Gasteiger partial charge is 0.311 e. The third-order valence-corrected chi connectivity index (χ3v) is 3.26. The maximum Gasteiger partial charge on any atom is 0.244 e. The van der Waals surface area contributed by atoms with Crippen molar-refractivity contribution < 1.29 is 9.18 Å². The topological polar surface area (TPSA) is 32.3 Å². The Balaban J connectivity index is 2.15. The first kappa shape index (κ1) is 13.3. The van der Waals surface area contributed by atoms with Gasteiger partial charge in [0.05, 0.1) is 11.1 Å². The van der Waals surface area contributed by atoms with E-state index in [2.05, 4.69) is 5.32 Å². The van der Waals surface area contributed by atoms with Gasteiger partial charge in [-0.1, -0.05) is 25.4 Å². The number of hydrogen-bond donors (Lipinski definition) is 1. The fourth-order valence-electron chi connectivity index (χ4n) is 2.15. The molecule has 0 spiro atoms. The number of anilines is 1. The Hall–Kier alpha value is -1.13. The van der Waals surface area contributed by atoms with Crippen molar-refractivity contribution in [2.75, 3.05) is 11.4 Å². The molecular formula is C13H16ClFN2O. The number of halogens is 2. The highest BCUT2D eigenvalue weighted by Gasteiger charge is 2.32. The molecule has 0 aromatic heterocycles. The summed E-state index contributed by atoms with van der Waals surface area (Å²) in [4.78, 5) is 13.7. The molecule has 1 fully saturated rings. The quantitative estimate of drug-likeness (QED) is 0.916. The second-order valence-electron chi connectivity index (χ2n) is 4.75. The molecule has 0 bridgehead atoms. The number of hydrogen-bond acceptors (Lipinski definition) is 2. The molecule has 0 aliphatic carbocycles. The molecule has 1 aliphatic rings. The number of nitrogens with zero attached hydrogens (tertiary/aromatic N) is 1. The van der Waals surface area contributed by atoms with E-state index in [4.69, 9.17) is 11.6 Å². The third-order valence-electron chi connectivity index (χ3n) is 2.95. The van der Waals surface area contributed by atoms with E-state index in [0.717, 1.165) is 6.42 Å². The standard InChI is InChI=1S/C13H16ClFN2O/c1-8(2)16-12-5-6-17(13(12)18)9-3-4-10(14)11(15)7-9/h3-4,7-8,12,16H,5-6H2,1-2H3. The predicted molar refractivity (Wildman–Crippen MR) is 70.4 cm³/mol. The highest BCUT2D eigenvalue weighted by atomic mass is 35.5. The van der Waals surface area contributed by atoms with Gasteiger partial charge in [-0.15, -0.1) is 0 Å². The molecule has 3 nitrogen and oxygen atoms in total. The molecule has 1 atom stereocenters. The fraction of sp³-hybridized carbons (Fsp3) is 0.462. The van der Waals surface area contributed by atoms with Gasteiger partial charge in [0.1, 0.15) is 5.82 Å². The van der Waals surface area contributed by atoms with Gasteiger partial charge in [0.25, 0.3) is 0 Å². The average Bonchev–Trinajstić information content (AvgIpc) is 2.64. The van der Waals surface area contributed by atoms with Crippen LogP contribution in [0.2, 0.25) is 5.02 Å². The molecule has 98 valence electrons. The number of nitrogens with one attached hydrogen (secondary N) is 1. The van der Waals surface area contributed by atoms with E-state index in [1.54, 1.807) is 11.0 Å². The van der Waals surface area contributed by atoms with Gasteiger partial charge in [0.15, 0.2) is 0 Å². The second-order valence-corrected chi connectivity index (χ2v) is 5.16. The zero-order valence-corrected chi connectivity index (χ0v) is 11.2. The summed E-state index contributed by atoms with van der Waals surface area (Å²) in [7, 11) is 0. The van der Waals surface area contributed by atoms with E-state index < -0.39 is 5.82 Å². The molecule has 0 saturated carbocycles. The minimum Gasteiger partial charge on any atom is -0.311 e. The lowest BCUT2D eigenvalue weighted by Gasteiger charge is -2.18. The molecule has 1 saturated heterocycles.